The zero-order valence-electron chi connectivity index (χ0n) is 7.94. The van der Waals surface area contributed by atoms with Gasteiger partial charge in [-0.15, -0.1) is 5.10 Å². The van der Waals surface area contributed by atoms with Crippen LogP contribution in [0.2, 0.25) is 0 Å². The summed E-state index contributed by atoms with van der Waals surface area (Å²) in [6, 6.07) is 9.56. The van der Waals surface area contributed by atoms with Crippen LogP contribution < -0.4 is 11.5 Å². The monoisotopic (exact) mass is 188 g/mol. The van der Waals surface area contributed by atoms with E-state index in [1.165, 1.54) is 5.56 Å². The first-order valence-electron chi connectivity index (χ1n) is 4.35. The van der Waals surface area contributed by atoms with Crippen molar-refractivity contribution in [2.24, 2.45) is 0 Å². The van der Waals surface area contributed by atoms with E-state index in [0.717, 1.165) is 5.69 Å². The third kappa shape index (κ3) is 1.42. The van der Waals surface area contributed by atoms with Crippen molar-refractivity contribution in [2.75, 3.05) is 11.5 Å². The van der Waals surface area contributed by atoms with Crippen molar-refractivity contribution in [3.8, 4) is 5.69 Å². The zero-order chi connectivity index (χ0) is 10.1. The number of aromatic nitrogens is 2. The molecule has 0 aliphatic carbocycles. The van der Waals surface area contributed by atoms with Crippen LogP contribution in [0.5, 0.6) is 0 Å². The Morgan fingerprint density at radius 3 is 2.29 bits per heavy atom. The van der Waals surface area contributed by atoms with E-state index >= 15 is 0 Å². The first-order valence-corrected chi connectivity index (χ1v) is 4.35. The third-order valence-corrected chi connectivity index (χ3v) is 2.03. The SMILES string of the molecule is Cc1ccc(-n2nc(N)cc2N)cc1. The van der Waals surface area contributed by atoms with Crippen molar-refractivity contribution in [1.29, 1.82) is 0 Å². The predicted molar refractivity (Wildman–Crippen MR) is 57.1 cm³/mol. The Hall–Kier alpha value is -1.97. The maximum atomic E-state index is 5.73. The molecule has 0 spiro atoms. The predicted octanol–water partition coefficient (Wildman–Crippen LogP) is 1.35. The second-order valence-electron chi connectivity index (χ2n) is 3.24. The molecule has 0 saturated carbocycles. The molecule has 2 rings (SSSR count). The summed E-state index contributed by atoms with van der Waals surface area (Å²) in [6.07, 6.45) is 0. The minimum atomic E-state index is 0.433. The second-order valence-corrected chi connectivity index (χ2v) is 3.24. The van der Waals surface area contributed by atoms with Crippen LogP contribution in [0.3, 0.4) is 0 Å². The fourth-order valence-corrected chi connectivity index (χ4v) is 1.31. The number of anilines is 2. The normalized spacial score (nSPS) is 10.4. The minimum absolute atomic E-state index is 0.433. The van der Waals surface area contributed by atoms with Crippen LogP contribution >= 0.6 is 0 Å². The molecule has 1 heterocycles. The number of benzene rings is 1. The van der Waals surface area contributed by atoms with Crippen LogP contribution in [-0.4, -0.2) is 9.78 Å². The van der Waals surface area contributed by atoms with Gasteiger partial charge in [-0.2, -0.15) is 0 Å². The molecular weight excluding hydrogens is 176 g/mol. The Balaban J connectivity index is 2.49. The van der Waals surface area contributed by atoms with Crippen LogP contribution in [0.1, 0.15) is 5.56 Å². The van der Waals surface area contributed by atoms with Crippen molar-refractivity contribution < 1.29 is 0 Å². The van der Waals surface area contributed by atoms with Crippen molar-refractivity contribution >= 4 is 11.6 Å². The van der Waals surface area contributed by atoms with E-state index in [9.17, 15) is 0 Å². The molecule has 0 fully saturated rings. The number of nitrogen functional groups attached to an aromatic ring is 2. The molecule has 4 nitrogen and oxygen atoms in total. The first kappa shape index (κ1) is 8.62. The van der Waals surface area contributed by atoms with E-state index in [2.05, 4.69) is 5.10 Å². The molecule has 2 aromatic rings. The average molecular weight is 188 g/mol. The summed E-state index contributed by atoms with van der Waals surface area (Å²) in [6.45, 7) is 2.03. The molecule has 0 unspecified atom stereocenters. The number of hydrogen-bond acceptors (Lipinski definition) is 3. The minimum Gasteiger partial charge on any atom is -0.384 e. The molecule has 0 saturated heterocycles. The highest BCUT2D eigenvalue weighted by Gasteiger charge is 2.03. The van der Waals surface area contributed by atoms with Gasteiger partial charge in [-0.3, -0.25) is 0 Å². The molecule has 4 N–H and O–H groups in total. The van der Waals surface area contributed by atoms with Gasteiger partial charge in [0.2, 0.25) is 0 Å². The summed E-state index contributed by atoms with van der Waals surface area (Å²) in [5, 5.41) is 4.08. The molecule has 1 aromatic carbocycles. The van der Waals surface area contributed by atoms with Gasteiger partial charge in [0.1, 0.15) is 11.6 Å². The number of nitrogens with zero attached hydrogens (tertiary/aromatic N) is 2. The molecule has 1 aromatic heterocycles. The molecule has 14 heavy (non-hydrogen) atoms. The Morgan fingerprint density at radius 1 is 1.14 bits per heavy atom. The van der Waals surface area contributed by atoms with E-state index in [1.54, 1.807) is 10.7 Å². The van der Waals surface area contributed by atoms with Gasteiger partial charge in [0, 0.05) is 6.07 Å². The number of hydrogen-bond donors (Lipinski definition) is 2. The fraction of sp³-hybridized carbons (Fsp3) is 0.100. The van der Waals surface area contributed by atoms with Gasteiger partial charge in [0.15, 0.2) is 0 Å². The average Bonchev–Trinajstić information content (AvgIpc) is 2.47. The number of aryl methyl sites for hydroxylation is 1. The van der Waals surface area contributed by atoms with Gasteiger partial charge in [0.25, 0.3) is 0 Å². The standard InChI is InChI=1S/C10H12N4/c1-7-2-4-8(5-3-7)14-10(12)6-9(11)13-14/h2-6H,12H2,1H3,(H2,11,13). The van der Waals surface area contributed by atoms with Crippen LogP contribution in [0.4, 0.5) is 11.6 Å². The van der Waals surface area contributed by atoms with Crippen LogP contribution in [0.15, 0.2) is 30.3 Å². The van der Waals surface area contributed by atoms with Crippen LogP contribution in [0.25, 0.3) is 5.69 Å². The molecule has 0 amide bonds. The highest BCUT2D eigenvalue weighted by atomic mass is 15.3. The molecule has 0 radical (unpaired) electrons. The van der Waals surface area contributed by atoms with E-state index < -0.39 is 0 Å². The summed E-state index contributed by atoms with van der Waals surface area (Å²) in [4.78, 5) is 0. The number of rotatable bonds is 1. The van der Waals surface area contributed by atoms with Crippen molar-refractivity contribution in [2.45, 2.75) is 6.92 Å². The second kappa shape index (κ2) is 3.06. The van der Waals surface area contributed by atoms with Gasteiger partial charge in [0.05, 0.1) is 5.69 Å². The number of nitrogens with two attached hydrogens (primary N) is 2. The molecule has 0 aliphatic heterocycles. The lowest BCUT2D eigenvalue weighted by Crippen LogP contribution is -2.01. The zero-order valence-corrected chi connectivity index (χ0v) is 7.94. The Bertz CT molecular complexity index is 442. The van der Waals surface area contributed by atoms with Gasteiger partial charge in [-0.05, 0) is 19.1 Å². The van der Waals surface area contributed by atoms with E-state index in [1.807, 2.05) is 31.2 Å². The van der Waals surface area contributed by atoms with Crippen LogP contribution in [-0.2, 0) is 0 Å². The summed E-state index contributed by atoms with van der Waals surface area (Å²) < 4.78 is 1.62. The molecule has 4 heteroatoms. The third-order valence-electron chi connectivity index (χ3n) is 2.03. The van der Waals surface area contributed by atoms with Crippen LogP contribution in [0, 0.1) is 6.92 Å². The van der Waals surface area contributed by atoms with Gasteiger partial charge in [-0.1, -0.05) is 17.7 Å². The van der Waals surface area contributed by atoms with Gasteiger partial charge >= 0.3 is 0 Å². The fourth-order valence-electron chi connectivity index (χ4n) is 1.31. The van der Waals surface area contributed by atoms with Crippen molar-refractivity contribution in [3.05, 3.63) is 35.9 Å². The highest BCUT2D eigenvalue weighted by molar-refractivity contribution is 5.49. The molecule has 0 atom stereocenters. The van der Waals surface area contributed by atoms with E-state index in [0.29, 0.717) is 11.6 Å². The topological polar surface area (TPSA) is 69.9 Å². The van der Waals surface area contributed by atoms with E-state index in [4.69, 9.17) is 11.5 Å². The molecular formula is C10H12N4. The maximum Gasteiger partial charge on any atom is 0.148 e. The highest BCUT2D eigenvalue weighted by Crippen LogP contribution is 2.15. The van der Waals surface area contributed by atoms with Crippen molar-refractivity contribution in [1.82, 2.24) is 9.78 Å². The van der Waals surface area contributed by atoms with E-state index in [-0.39, 0.29) is 0 Å². The molecule has 0 bridgehead atoms. The summed E-state index contributed by atoms with van der Waals surface area (Å²) in [7, 11) is 0. The maximum absolute atomic E-state index is 5.73. The quantitative estimate of drug-likeness (QED) is 0.709. The van der Waals surface area contributed by atoms with Gasteiger partial charge in [-0.25, -0.2) is 4.68 Å². The smallest absolute Gasteiger partial charge is 0.148 e. The lowest BCUT2D eigenvalue weighted by Gasteiger charge is -2.03. The lowest BCUT2D eigenvalue weighted by atomic mass is 10.2. The van der Waals surface area contributed by atoms with Crippen molar-refractivity contribution in [3.63, 3.8) is 0 Å². The Labute approximate surface area is 82.1 Å². The molecule has 0 aliphatic rings. The Morgan fingerprint density at radius 2 is 1.79 bits per heavy atom. The lowest BCUT2D eigenvalue weighted by molar-refractivity contribution is 0.896. The Kier molecular flexibility index (Phi) is 1.89. The van der Waals surface area contributed by atoms with Gasteiger partial charge < -0.3 is 11.5 Å². The largest absolute Gasteiger partial charge is 0.384 e. The summed E-state index contributed by atoms with van der Waals surface area (Å²) >= 11 is 0. The summed E-state index contributed by atoms with van der Waals surface area (Å²) in [5.74, 6) is 0.981. The first-order chi connectivity index (χ1) is 6.66. The molecule has 72 valence electrons. The summed E-state index contributed by atoms with van der Waals surface area (Å²) in [5.41, 5.74) is 13.4.